The first-order chi connectivity index (χ1) is 9.60. The molecule has 3 heteroatoms. The monoisotopic (exact) mass is 279 g/mol. The standard InChI is InChI=1S/C17H33N3/c1-6-15(13-18-12-14(4)5)11-16-9-10-20(19-16)17(7-2)8-3/h9-10,14-15,17-18H,6-8,11-13H2,1-5H3. The maximum atomic E-state index is 4.77. The Bertz CT molecular complexity index is 353. The molecule has 1 N–H and O–H groups in total. The summed E-state index contributed by atoms with van der Waals surface area (Å²) >= 11 is 0. The minimum Gasteiger partial charge on any atom is -0.316 e. The number of rotatable bonds is 10. The third kappa shape index (κ3) is 5.66. The molecular formula is C17H33N3. The predicted molar refractivity (Wildman–Crippen MR) is 87.0 cm³/mol. The minimum absolute atomic E-state index is 0.558. The van der Waals surface area contributed by atoms with Crippen molar-refractivity contribution in [3.05, 3.63) is 18.0 Å². The van der Waals surface area contributed by atoms with E-state index in [1.54, 1.807) is 0 Å². The van der Waals surface area contributed by atoms with Gasteiger partial charge in [-0.05, 0) is 50.3 Å². The zero-order valence-corrected chi connectivity index (χ0v) is 14.0. The van der Waals surface area contributed by atoms with E-state index in [4.69, 9.17) is 5.10 Å². The van der Waals surface area contributed by atoms with Gasteiger partial charge in [-0.25, -0.2) is 0 Å². The Morgan fingerprint density at radius 2 is 1.80 bits per heavy atom. The minimum atomic E-state index is 0.558. The van der Waals surface area contributed by atoms with Crippen LogP contribution >= 0.6 is 0 Å². The van der Waals surface area contributed by atoms with Gasteiger partial charge in [-0.2, -0.15) is 5.10 Å². The number of hydrogen-bond acceptors (Lipinski definition) is 2. The summed E-state index contributed by atoms with van der Waals surface area (Å²) in [4.78, 5) is 0. The Morgan fingerprint density at radius 3 is 2.35 bits per heavy atom. The van der Waals surface area contributed by atoms with E-state index in [0.29, 0.717) is 12.0 Å². The molecule has 1 atom stereocenters. The fourth-order valence-corrected chi connectivity index (χ4v) is 2.59. The van der Waals surface area contributed by atoms with Crippen molar-refractivity contribution in [3.63, 3.8) is 0 Å². The molecule has 1 unspecified atom stereocenters. The van der Waals surface area contributed by atoms with Gasteiger partial charge in [0.2, 0.25) is 0 Å². The molecule has 0 saturated carbocycles. The Kier molecular flexibility index (Phi) is 7.90. The molecule has 0 spiro atoms. The lowest BCUT2D eigenvalue weighted by molar-refractivity contribution is 0.411. The van der Waals surface area contributed by atoms with Crippen LogP contribution in [0.15, 0.2) is 12.3 Å². The number of hydrogen-bond donors (Lipinski definition) is 1. The Balaban J connectivity index is 2.49. The number of nitrogens with zero attached hydrogens (tertiary/aromatic N) is 2. The molecule has 1 aromatic rings. The molecule has 0 aliphatic heterocycles. The van der Waals surface area contributed by atoms with Crippen molar-refractivity contribution in [1.29, 1.82) is 0 Å². The summed E-state index contributed by atoms with van der Waals surface area (Å²) in [7, 11) is 0. The first kappa shape index (κ1) is 17.2. The summed E-state index contributed by atoms with van der Waals surface area (Å²) in [6.07, 6.45) is 6.77. The zero-order valence-electron chi connectivity index (χ0n) is 14.0. The molecule has 0 aliphatic rings. The highest BCUT2D eigenvalue weighted by Gasteiger charge is 2.12. The van der Waals surface area contributed by atoms with E-state index in [-0.39, 0.29) is 0 Å². The summed E-state index contributed by atoms with van der Waals surface area (Å²) in [5.74, 6) is 1.42. The SMILES string of the molecule is CCC(CNCC(C)C)Cc1ccn(C(CC)CC)n1. The maximum Gasteiger partial charge on any atom is 0.0627 e. The van der Waals surface area contributed by atoms with Gasteiger partial charge in [-0.15, -0.1) is 0 Å². The van der Waals surface area contributed by atoms with Gasteiger partial charge in [-0.3, -0.25) is 4.68 Å². The molecular weight excluding hydrogens is 246 g/mol. The quantitative estimate of drug-likeness (QED) is 0.700. The summed E-state index contributed by atoms with van der Waals surface area (Å²) < 4.78 is 2.16. The maximum absolute atomic E-state index is 4.77. The lowest BCUT2D eigenvalue weighted by Gasteiger charge is -2.16. The third-order valence-electron chi connectivity index (χ3n) is 4.04. The molecule has 1 aromatic heterocycles. The normalized spacial score (nSPS) is 13.3. The largest absolute Gasteiger partial charge is 0.316 e. The molecule has 1 heterocycles. The van der Waals surface area contributed by atoms with Gasteiger partial charge in [0.15, 0.2) is 0 Å². The Morgan fingerprint density at radius 1 is 1.10 bits per heavy atom. The summed E-state index contributed by atoms with van der Waals surface area (Å²) in [5, 5.41) is 8.35. The van der Waals surface area contributed by atoms with Crippen LogP contribution < -0.4 is 5.32 Å². The molecule has 0 aromatic carbocycles. The van der Waals surface area contributed by atoms with Crippen LogP contribution in [-0.4, -0.2) is 22.9 Å². The fourth-order valence-electron chi connectivity index (χ4n) is 2.59. The second kappa shape index (κ2) is 9.17. The van der Waals surface area contributed by atoms with Crippen LogP contribution in [0.2, 0.25) is 0 Å². The Hall–Kier alpha value is -0.830. The first-order valence-corrected chi connectivity index (χ1v) is 8.35. The van der Waals surface area contributed by atoms with Crippen molar-refractivity contribution < 1.29 is 0 Å². The molecule has 1 rings (SSSR count). The lowest BCUT2D eigenvalue weighted by atomic mass is 10.0. The molecule has 0 fully saturated rings. The van der Waals surface area contributed by atoms with Crippen LogP contribution in [0.25, 0.3) is 0 Å². The molecule has 0 radical (unpaired) electrons. The van der Waals surface area contributed by atoms with E-state index in [9.17, 15) is 0 Å². The average Bonchev–Trinajstić information content (AvgIpc) is 2.87. The van der Waals surface area contributed by atoms with Crippen LogP contribution in [0, 0.1) is 11.8 Å². The van der Waals surface area contributed by atoms with Crippen molar-refractivity contribution >= 4 is 0 Å². The van der Waals surface area contributed by atoms with Crippen LogP contribution in [0.4, 0.5) is 0 Å². The smallest absolute Gasteiger partial charge is 0.0627 e. The third-order valence-corrected chi connectivity index (χ3v) is 4.04. The van der Waals surface area contributed by atoms with Gasteiger partial charge in [0, 0.05) is 6.20 Å². The van der Waals surface area contributed by atoms with Crippen molar-refractivity contribution in [2.24, 2.45) is 11.8 Å². The van der Waals surface area contributed by atoms with Crippen molar-refractivity contribution in [2.75, 3.05) is 13.1 Å². The van der Waals surface area contributed by atoms with Crippen LogP contribution in [0.5, 0.6) is 0 Å². The van der Waals surface area contributed by atoms with E-state index in [2.05, 4.69) is 56.9 Å². The highest BCUT2D eigenvalue weighted by Crippen LogP contribution is 2.16. The topological polar surface area (TPSA) is 29.9 Å². The molecule has 0 amide bonds. The van der Waals surface area contributed by atoms with Crippen LogP contribution in [-0.2, 0) is 6.42 Å². The second-order valence-corrected chi connectivity index (χ2v) is 6.29. The zero-order chi connectivity index (χ0) is 15.0. The van der Waals surface area contributed by atoms with E-state index in [1.807, 2.05) is 0 Å². The number of nitrogens with one attached hydrogen (secondary N) is 1. The van der Waals surface area contributed by atoms with Gasteiger partial charge in [0.1, 0.15) is 0 Å². The van der Waals surface area contributed by atoms with Gasteiger partial charge >= 0.3 is 0 Å². The number of aromatic nitrogens is 2. The van der Waals surface area contributed by atoms with E-state index in [0.717, 1.165) is 38.3 Å². The summed E-state index contributed by atoms with van der Waals surface area (Å²) in [6, 6.07) is 2.76. The molecule has 20 heavy (non-hydrogen) atoms. The van der Waals surface area contributed by atoms with Crippen LogP contribution in [0.3, 0.4) is 0 Å². The Labute approximate surface area is 125 Å². The average molecular weight is 279 g/mol. The second-order valence-electron chi connectivity index (χ2n) is 6.29. The summed E-state index contributed by atoms with van der Waals surface area (Å²) in [5.41, 5.74) is 1.25. The van der Waals surface area contributed by atoms with Gasteiger partial charge in [0.25, 0.3) is 0 Å². The van der Waals surface area contributed by atoms with Crippen molar-refractivity contribution in [1.82, 2.24) is 15.1 Å². The summed E-state index contributed by atoms with van der Waals surface area (Å²) in [6.45, 7) is 13.5. The molecule has 116 valence electrons. The van der Waals surface area contributed by atoms with E-state index >= 15 is 0 Å². The van der Waals surface area contributed by atoms with E-state index in [1.165, 1.54) is 12.1 Å². The van der Waals surface area contributed by atoms with Gasteiger partial charge in [0.05, 0.1) is 11.7 Å². The van der Waals surface area contributed by atoms with E-state index < -0.39 is 0 Å². The lowest BCUT2D eigenvalue weighted by Crippen LogP contribution is -2.27. The fraction of sp³-hybridized carbons (Fsp3) is 0.824. The predicted octanol–water partition coefficient (Wildman–Crippen LogP) is 4.06. The highest BCUT2D eigenvalue weighted by molar-refractivity contribution is 5.01. The highest BCUT2D eigenvalue weighted by atomic mass is 15.3. The molecule has 0 aliphatic carbocycles. The molecule has 3 nitrogen and oxygen atoms in total. The first-order valence-electron chi connectivity index (χ1n) is 8.35. The van der Waals surface area contributed by atoms with Crippen molar-refractivity contribution in [2.45, 2.75) is 66.3 Å². The van der Waals surface area contributed by atoms with Gasteiger partial charge in [-0.1, -0.05) is 41.0 Å². The van der Waals surface area contributed by atoms with Crippen LogP contribution in [0.1, 0.15) is 65.6 Å². The van der Waals surface area contributed by atoms with Crippen molar-refractivity contribution in [3.8, 4) is 0 Å². The molecule has 0 bridgehead atoms. The molecule has 0 saturated heterocycles. The van der Waals surface area contributed by atoms with Gasteiger partial charge < -0.3 is 5.32 Å².